The monoisotopic (exact) mass is 293 g/mol. The average molecular weight is 293 g/mol. The molecule has 0 saturated carbocycles. The Morgan fingerprint density at radius 3 is 2.43 bits per heavy atom. The summed E-state index contributed by atoms with van der Waals surface area (Å²) in [6.45, 7) is 0.919. The number of nitrogens with zero attached hydrogens (tertiary/aromatic N) is 1. The Labute approximate surface area is 120 Å². The number of rotatable bonds is 2. The molecule has 1 aliphatic rings. The number of halogens is 3. The van der Waals surface area contributed by atoms with Crippen molar-refractivity contribution in [3.05, 3.63) is 53.6 Å². The van der Waals surface area contributed by atoms with Crippen molar-refractivity contribution >= 4 is 5.69 Å². The highest BCUT2D eigenvalue weighted by atomic mass is 19.4. The van der Waals surface area contributed by atoms with Crippen molar-refractivity contribution in [2.75, 3.05) is 18.5 Å². The summed E-state index contributed by atoms with van der Waals surface area (Å²) in [6.07, 6.45) is -3.37. The molecule has 0 N–H and O–H groups in total. The molecule has 0 amide bonds. The van der Waals surface area contributed by atoms with Crippen LogP contribution in [0.5, 0.6) is 11.5 Å². The summed E-state index contributed by atoms with van der Waals surface area (Å²) < 4.78 is 43.3. The normalized spacial score (nSPS) is 14.2. The van der Waals surface area contributed by atoms with Gasteiger partial charge in [0.25, 0.3) is 0 Å². The van der Waals surface area contributed by atoms with Gasteiger partial charge in [-0.25, -0.2) is 0 Å². The number of hydrogen-bond acceptors (Lipinski definition) is 2. The molecule has 110 valence electrons. The van der Waals surface area contributed by atoms with E-state index < -0.39 is 11.7 Å². The molecule has 0 atom stereocenters. The zero-order valence-electron chi connectivity index (χ0n) is 11.4. The maximum Gasteiger partial charge on any atom is 0.416 e. The van der Waals surface area contributed by atoms with E-state index in [1.807, 2.05) is 25.2 Å². The Bertz CT molecular complexity index is 650. The second-order valence-corrected chi connectivity index (χ2v) is 5.06. The summed E-state index contributed by atoms with van der Waals surface area (Å²) in [5.41, 5.74) is 1.53. The van der Waals surface area contributed by atoms with E-state index in [-0.39, 0.29) is 0 Å². The average Bonchev–Trinajstić information content (AvgIpc) is 2.81. The fraction of sp³-hybridized carbons (Fsp3) is 0.250. The summed E-state index contributed by atoms with van der Waals surface area (Å²) >= 11 is 0. The topological polar surface area (TPSA) is 12.5 Å². The number of fused-ring (bicyclic) bond motifs is 1. The SMILES string of the molecule is CN1CCc2cccc(Oc3ccc(C(F)(F)F)cc3)c21. The highest BCUT2D eigenvalue weighted by molar-refractivity contribution is 5.67. The van der Waals surface area contributed by atoms with E-state index in [9.17, 15) is 13.2 Å². The molecule has 1 aliphatic heterocycles. The van der Waals surface area contributed by atoms with E-state index in [1.165, 1.54) is 17.7 Å². The first-order valence-corrected chi connectivity index (χ1v) is 6.63. The number of alkyl halides is 3. The van der Waals surface area contributed by atoms with Crippen LogP contribution >= 0.6 is 0 Å². The molecule has 1 heterocycles. The third-order valence-electron chi connectivity index (χ3n) is 3.59. The molecule has 2 aromatic rings. The fourth-order valence-electron chi connectivity index (χ4n) is 2.52. The first kappa shape index (κ1) is 13.8. The summed E-state index contributed by atoms with van der Waals surface area (Å²) in [5.74, 6) is 1.07. The van der Waals surface area contributed by atoms with Gasteiger partial charge >= 0.3 is 6.18 Å². The van der Waals surface area contributed by atoms with Gasteiger partial charge in [0.2, 0.25) is 0 Å². The number of anilines is 1. The molecule has 2 aromatic carbocycles. The number of likely N-dealkylation sites (N-methyl/N-ethyl adjacent to an activating group) is 1. The van der Waals surface area contributed by atoms with Crippen LogP contribution in [0.4, 0.5) is 18.9 Å². The second-order valence-electron chi connectivity index (χ2n) is 5.06. The third kappa shape index (κ3) is 2.68. The molecule has 5 heteroatoms. The van der Waals surface area contributed by atoms with E-state index in [0.29, 0.717) is 11.5 Å². The lowest BCUT2D eigenvalue weighted by Crippen LogP contribution is -2.13. The minimum absolute atomic E-state index is 0.400. The maximum absolute atomic E-state index is 12.5. The molecular weight excluding hydrogens is 279 g/mol. The Hall–Kier alpha value is -2.17. The van der Waals surface area contributed by atoms with E-state index in [4.69, 9.17) is 4.74 Å². The molecule has 0 unspecified atom stereocenters. The van der Waals surface area contributed by atoms with Crippen molar-refractivity contribution in [1.82, 2.24) is 0 Å². The van der Waals surface area contributed by atoms with Crippen molar-refractivity contribution in [3.8, 4) is 11.5 Å². The van der Waals surface area contributed by atoms with Crippen molar-refractivity contribution in [2.45, 2.75) is 12.6 Å². The Balaban J connectivity index is 1.87. The van der Waals surface area contributed by atoms with Crippen molar-refractivity contribution in [3.63, 3.8) is 0 Å². The first-order valence-electron chi connectivity index (χ1n) is 6.63. The Kier molecular flexibility index (Phi) is 3.27. The second kappa shape index (κ2) is 4.98. The van der Waals surface area contributed by atoms with Gasteiger partial charge in [0.05, 0.1) is 11.3 Å². The highest BCUT2D eigenvalue weighted by Gasteiger charge is 2.30. The summed E-state index contributed by atoms with van der Waals surface area (Å²) in [5, 5.41) is 0. The molecule has 0 aromatic heterocycles. The molecule has 0 fully saturated rings. The highest BCUT2D eigenvalue weighted by Crippen LogP contribution is 2.39. The smallest absolute Gasteiger partial charge is 0.416 e. The molecule has 0 radical (unpaired) electrons. The summed E-state index contributed by atoms with van der Waals surface area (Å²) in [7, 11) is 1.98. The van der Waals surface area contributed by atoms with Gasteiger partial charge in [-0.3, -0.25) is 0 Å². The lowest BCUT2D eigenvalue weighted by atomic mass is 10.1. The molecule has 21 heavy (non-hydrogen) atoms. The minimum Gasteiger partial charge on any atom is -0.455 e. The fourth-order valence-corrected chi connectivity index (χ4v) is 2.52. The predicted octanol–water partition coefficient (Wildman–Crippen LogP) is 4.49. The van der Waals surface area contributed by atoms with Crippen LogP contribution in [0, 0.1) is 0 Å². The van der Waals surface area contributed by atoms with Crippen LogP contribution in [0.1, 0.15) is 11.1 Å². The Morgan fingerprint density at radius 1 is 1.05 bits per heavy atom. The summed E-state index contributed by atoms with van der Waals surface area (Å²) in [6, 6.07) is 10.5. The van der Waals surface area contributed by atoms with Crippen LogP contribution in [0.3, 0.4) is 0 Å². The van der Waals surface area contributed by atoms with Gasteiger partial charge in [-0.05, 0) is 42.3 Å². The van der Waals surface area contributed by atoms with Gasteiger partial charge in [-0.15, -0.1) is 0 Å². The lowest BCUT2D eigenvalue weighted by molar-refractivity contribution is -0.137. The maximum atomic E-state index is 12.5. The zero-order valence-corrected chi connectivity index (χ0v) is 11.4. The third-order valence-corrected chi connectivity index (χ3v) is 3.59. The molecular formula is C16H14F3NO. The van der Waals surface area contributed by atoms with E-state index in [2.05, 4.69) is 4.90 Å². The number of hydrogen-bond donors (Lipinski definition) is 0. The standard InChI is InChI=1S/C16H14F3NO/c1-20-10-9-11-3-2-4-14(15(11)20)21-13-7-5-12(6-8-13)16(17,18)19/h2-8H,9-10H2,1H3. The Morgan fingerprint density at radius 2 is 1.76 bits per heavy atom. The number of benzene rings is 2. The minimum atomic E-state index is -4.33. The van der Waals surface area contributed by atoms with Gasteiger partial charge in [-0.2, -0.15) is 13.2 Å². The molecule has 0 spiro atoms. The van der Waals surface area contributed by atoms with Crippen molar-refractivity contribution < 1.29 is 17.9 Å². The van der Waals surface area contributed by atoms with Crippen LogP contribution < -0.4 is 9.64 Å². The summed E-state index contributed by atoms with van der Waals surface area (Å²) in [4.78, 5) is 2.09. The predicted molar refractivity (Wildman–Crippen MR) is 74.9 cm³/mol. The van der Waals surface area contributed by atoms with Crippen LogP contribution in [0.15, 0.2) is 42.5 Å². The van der Waals surface area contributed by atoms with Gasteiger partial charge in [0.15, 0.2) is 5.75 Å². The van der Waals surface area contributed by atoms with Crippen molar-refractivity contribution in [1.29, 1.82) is 0 Å². The number of para-hydroxylation sites is 1. The number of ether oxygens (including phenoxy) is 1. The molecule has 0 aliphatic carbocycles. The molecule has 0 bridgehead atoms. The molecule has 2 nitrogen and oxygen atoms in total. The van der Waals surface area contributed by atoms with E-state index in [1.54, 1.807) is 0 Å². The largest absolute Gasteiger partial charge is 0.455 e. The van der Waals surface area contributed by atoms with Crippen LogP contribution in [0.2, 0.25) is 0 Å². The zero-order chi connectivity index (χ0) is 15.0. The van der Waals surface area contributed by atoms with E-state index in [0.717, 1.165) is 30.8 Å². The van der Waals surface area contributed by atoms with E-state index >= 15 is 0 Å². The van der Waals surface area contributed by atoms with Gasteiger partial charge < -0.3 is 9.64 Å². The van der Waals surface area contributed by atoms with Crippen LogP contribution in [-0.2, 0) is 12.6 Å². The van der Waals surface area contributed by atoms with Gasteiger partial charge in [0, 0.05) is 13.6 Å². The van der Waals surface area contributed by atoms with Crippen LogP contribution in [0.25, 0.3) is 0 Å². The van der Waals surface area contributed by atoms with Gasteiger partial charge in [0.1, 0.15) is 5.75 Å². The quantitative estimate of drug-likeness (QED) is 0.809. The molecule has 3 rings (SSSR count). The van der Waals surface area contributed by atoms with Crippen LogP contribution in [-0.4, -0.2) is 13.6 Å². The molecule has 0 saturated heterocycles. The lowest BCUT2D eigenvalue weighted by Gasteiger charge is -2.17. The first-order chi connectivity index (χ1) is 9.95. The van der Waals surface area contributed by atoms with Gasteiger partial charge in [-0.1, -0.05) is 12.1 Å². The van der Waals surface area contributed by atoms with Crippen molar-refractivity contribution in [2.24, 2.45) is 0 Å².